The summed E-state index contributed by atoms with van der Waals surface area (Å²) in [5.41, 5.74) is 0.108. The number of ketones is 1. The number of carbonyl (C=O) groups excluding carboxylic acids is 1. The molecule has 2 heterocycles. The molecule has 0 saturated heterocycles. The Morgan fingerprint density at radius 3 is 2.42 bits per heavy atom. The van der Waals surface area contributed by atoms with Gasteiger partial charge in [0.2, 0.25) is 11.2 Å². The summed E-state index contributed by atoms with van der Waals surface area (Å²) in [6, 6.07) is 14.9. The molecular formula is C20H10Cl2O4. The Kier molecular flexibility index (Phi) is 4.15. The number of fused-ring (bicyclic) bond motifs is 1. The molecule has 0 saturated carbocycles. The van der Waals surface area contributed by atoms with Crippen LogP contribution >= 0.6 is 23.2 Å². The van der Waals surface area contributed by atoms with Gasteiger partial charge in [0.15, 0.2) is 11.3 Å². The van der Waals surface area contributed by atoms with Crippen molar-refractivity contribution in [3.05, 3.63) is 92.5 Å². The molecule has 2 aromatic carbocycles. The zero-order valence-electron chi connectivity index (χ0n) is 13.2. The normalized spacial score (nSPS) is 11.0. The van der Waals surface area contributed by atoms with Crippen LogP contribution in [0.1, 0.15) is 16.1 Å². The van der Waals surface area contributed by atoms with Crippen molar-refractivity contribution in [2.45, 2.75) is 0 Å². The zero-order chi connectivity index (χ0) is 18.3. The molecule has 0 aliphatic carbocycles. The molecule has 4 nitrogen and oxygen atoms in total. The van der Waals surface area contributed by atoms with Gasteiger partial charge >= 0.3 is 0 Å². The Bertz CT molecular complexity index is 1180. The molecule has 4 rings (SSSR count). The summed E-state index contributed by atoms with van der Waals surface area (Å²) in [4.78, 5) is 26.0. The number of hydrogen-bond acceptors (Lipinski definition) is 4. The fourth-order valence-electron chi connectivity index (χ4n) is 2.75. The van der Waals surface area contributed by atoms with Crippen molar-refractivity contribution >= 4 is 40.0 Å². The van der Waals surface area contributed by atoms with Gasteiger partial charge in [-0.05, 0) is 24.3 Å². The Balaban J connectivity index is 2.12. The molecule has 0 aliphatic rings. The lowest BCUT2D eigenvalue weighted by Gasteiger charge is -2.10. The van der Waals surface area contributed by atoms with Crippen molar-refractivity contribution in [2.75, 3.05) is 0 Å². The van der Waals surface area contributed by atoms with E-state index >= 15 is 0 Å². The minimum absolute atomic E-state index is 0.0435. The molecule has 0 fully saturated rings. The van der Waals surface area contributed by atoms with E-state index in [1.807, 2.05) is 6.07 Å². The summed E-state index contributed by atoms with van der Waals surface area (Å²) in [5, 5.41) is 0.606. The molecule has 0 aliphatic heterocycles. The monoisotopic (exact) mass is 384 g/mol. The second-order valence-electron chi connectivity index (χ2n) is 5.57. The largest absolute Gasteiger partial charge is 0.461 e. The van der Waals surface area contributed by atoms with E-state index in [4.69, 9.17) is 32.0 Å². The van der Waals surface area contributed by atoms with Crippen molar-refractivity contribution in [1.82, 2.24) is 0 Å². The third-order valence-electron chi connectivity index (χ3n) is 3.92. The summed E-state index contributed by atoms with van der Waals surface area (Å²) in [7, 11) is 0. The van der Waals surface area contributed by atoms with Crippen LogP contribution in [-0.4, -0.2) is 5.78 Å². The lowest BCUT2D eigenvalue weighted by Crippen LogP contribution is -2.17. The van der Waals surface area contributed by atoms with Gasteiger partial charge < -0.3 is 8.83 Å². The third kappa shape index (κ3) is 2.73. The van der Waals surface area contributed by atoms with Gasteiger partial charge in [0, 0.05) is 10.6 Å². The van der Waals surface area contributed by atoms with Gasteiger partial charge in [-0.25, -0.2) is 0 Å². The third-order valence-corrected chi connectivity index (χ3v) is 4.42. The maximum absolute atomic E-state index is 13.1. The van der Waals surface area contributed by atoms with E-state index in [0.717, 1.165) is 0 Å². The predicted octanol–water partition coefficient (Wildman–Crippen LogP) is 5.59. The van der Waals surface area contributed by atoms with Gasteiger partial charge in [-0.15, -0.1) is 0 Å². The lowest BCUT2D eigenvalue weighted by molar-refractivity contribution is 0.101. The second kappa shape index (κ2) is 6.48. The first kappa shape index (κ1) is 16.6. The first-order chi connectivity index (χ1) is 12.6. The van der Waals surface area contributed by atoms with Gasteiger partial charge in [-0.2, -0.15) is 0 Å². The van der Waals surface area contributed by atoms with E-state index in [1.165, 1.54) is 24.5 Å². The molecule has 0 spiro atoms. The number of hydrogen-bond donors (Lipinski definition) is 0. The molecule has 6 heteroatoms. The van der Waals surface area contributed by atoms with Crippen LogP contribution in [-0.2, 0) is 0 Å². The lowest BCUT2D eigenvalue weighted by atomic mass is 10.0. The molecule has 128 valence electrons. The highest BCUT2D eigenvalue weighted by atomic mass is 35.5. The minimum atomic E-state index is -0.569. The van der Waals surface area contributed by atoms with Gasteiger partial charge in [0.25, 0.3) is 0 Å². The van der Waals surface area contributed by atoms with E-state index in [1.54, 1.807) is 30.3 Å². The smallest absolute Gasteiger partial charge is 0.235 e. The number of rotatable bonds is 3. The highest BCUT2D eigenvalue weighted by Crippen LogP contribution is 2.32. The topological polar surface area (TPSA) is 60.4 Å². The average molecular weight is 385 g/mol. The van der Waals surface area contributed by atoms with Gasteiger partial charge in [0.1, 0.15) is 11.3 Å². The summed E-state index contributed by atoms with van der Waals surface area (Å²) < 4.78 is 11.1. The standard InChI is InChI=1S/C20H10Cl2O4/c21-12-9-13-17(23)16(18(24)15-7-4-8-25-15)19(11-5-2-1-3-6-11)26-20(13)14(22)10-12/h1-10H. The molecule has 0 atom stereocenters. The van der Waals surface area contributed by atoms with Gasteiger partial charge in [0.05, 0.1) is 16.7 Å². The highest BCUT2D eigenvalue weighted by molar-refractivity contribution is 6.38. The molecule has 2 aromatic heterocycles. The molecule has 0 amide bonds. The van der Waals surface area contributed by atoms with Gasteiger partial charge in [-0.3, -0.25) is 9.59 Å². The summed E-state index contributed by atoms with van der Waals surface area (Å²) >= 11 is 12.2. The fraction of sp³-hybridized carbons (Fsp3) is 0. The summed E-state index contributed by atoms with van der Waals surface area (Å²) in [5.74, 6) is -0.392. The Morgan fingerprint density at radius 1 is 0.962 bits per heavy atom. The van der Waals surface area contributed by atoms with Crippen LogP contribution in [0.2, 0.25) is 10.0 Å². The van der Waals surface area contributed by atoms with E-state index < -0.39 is 11.2 Å². The molecular weight excluding hydrogens is 375 g/mol. The van der Waals surface area contributed by atoms with Crippen molar-refractivity contribution in [2.24, 2.45) is 0 Å². The fourth-order valence-corrected chi connectivity index (χ4v) is 3.29. The van der Waals surface area contributed by atoms with Crippen LogP contribution in [0.3, 0.4) is 0 Å². The van der Waals surface area contributed by atoms with E-state index in [-0.39, 0.29) is 38.1 Å². The number of carbonyl (C=O) groups is 1. The van der Waals surface area contributed by atoms with E-state index in [2.05, 4.69) is 0 Å². The van der Waals surface area contributed by atoms with Crippen molar-refractivity contribution in [3.63, 3.8) is 0 Å². The number of benzene rings is 2. The first-order valence-electron chi connectivity index (χ1n) is 7.66. The SMILES string of the molecule is O=C(c1ccco1)c1c(-c2ccccc2)oc2c(Cl)cc(Cl)cc2c1=O. The second-order valence-corrected chi connectivity index (χ2v) is 6.42. The maximum Gasteiger partial charge on any atom is 0.235 e. The number of halogens is 2. The van der Waals surface area contributed by atoms with Crippen molar-refractivity contribution in [1.29, 1.82) is 0 Å². The Morgan fingerprint density at radius 2 is 1.73 bits per heavy atom. The molecule has 4 aromatic rings. The Labute approximate surface area is 157 Å². The van der Waals surface area contributed by atoms with Crippen LogP contribution in [0.5, 0.6) is 0 Å². The molecule has 0 bridgehead atoms. The van der Waals surface area contributed by atoms with Crippen molar-refractivity contribution < 1.29 is 13.6 Å². The van der Waals surface area contributed by atoms with Crippen LogP contribution in [0.4, 0.5) is 0 Å². The summed E-state index contributed by atoms with van der Waals surface area (Å²) in [6.45, 7) is 0. The Hall–Kier alpha value is -2.82. The van der Waals surface area contributed by atoms with E-state index in [9.17, 15) is 9.59 Å². The summed E-state index contributed by atoms with van der Waals surface area (Å²) in [6.07, 6.45) is 1.37. The van der Waals surface area contributed by atoms with Crippen LogP contribution in [0, 0.1) is 0 Å². The quantitative estimate of drug-likeness (QED) is 0.432. The van der Waals surface area contributed by atoms with Crippen LogP contribution < -0.4 is 5.43 Å². The minimum Gasteiger partial charge on any atom is -0.461 e. The van der Waals surface area contributed by atoms with Gasteiger partial charge in [-0.1, -0.05) is 53.5 Å². The average Bonchev–Trinajstić information content (AvgIpc) is 3.17. The molecule has 0 radical (unpaired) electrons. The molecule has 26 heavy (non-hydrogen) atoms. The highest BCUT2D eigenvalue weighted by Gasteiger charge is 2.26. The predicted molar refractivity (Wildman–Crippen MR) is 100 cm³/mol. The zero-order valence-corrected chi connectivity index (χ0v) is 14.7. The maximum atomic E-state index is 13.1. The van der Waals surface area contributed by atoms with Crippen LogP contribution in [0.15, 0.2) is 74.5 Å². The van der Waals surface area contributed by atoms with E-state index in [0.29, 0.717) is 5.56 Å². The first-order valence-corrected chi connectivity index (χ1v) is 8.41. The molecule has 0 N–H and O–H groups in total. The number of furan rings is 1. The molecule has 0 unspecified atom stereocenters. The van der Waals surface area contributed by atoms with Crippen LogP contribution in [0.25, 0.3) is 22.3 Å². The van der Waals surface area contributed by atoms with Crippen molar-refractivity contribution in [3.8, 4) is 11.3 Å².